The third-order valence-corrected chi connectivity index (χ3v) is 2.55. The van der Waals surface area contributed by atoms with Crippen LogP contribution in [0.25, 0.3) is 0 Å². The molecule has 1 N–H and O–H groups in total. The van der Waals surface area contributed by atoms with Crippen LogP contribution in [-0.2, 0) is 4.74 Å². The molecule has 0 saturated carbocycles. The van der Waals surface area contributed by atoms with E-state index in [1.165, 1.54) is 0 Å². The highest BCUT2D eigenvalue weighted by atomic mass is 16.6. The second-order valence-electron chi connectivity index (χ2n) is 3.91. The zero-order valence-corrected chi connectivity index (χ0v) is 8.13. The molecule has 1 amide bonds. The number of carbonyl (C=O) groups excluding carboxylic acids is 1. The van der Waals surface area contributed by atoms with Gasteiger partial charge in [0, 0.05) is 12.0 Å². The van der Waals surface area contributed by atoms with Crippen LogP contribution in [0, 0.1) is 11.8 Å². The van der Waals surface area contributed by atoms with E-state index < -0.39 is 0 Å². The summed E-state index contributed by atoms with van der Waals surface area (Å²) in [6.45, 7) is 8.27. The van der Waals surface area contributed by atoms with Gasteiger partial charge in [0.2, 0.25) is 0 Å². The fourth-order valence-electron chi connectivity index (χ4n) is 1.61. The summed E-state index contributed by atoms with van der Waals surface area (Å²) in [5.41, 5.74) is 0. The van der Waals surface area contributed by atoms with Gasteiger partial charge in [-0.3, -0.25) is 0 Å². The summed E-state index contributed by atoms with van der Waals surface area (Å²) >= 11 is 0. The number of carbonyl (C=O) groups is 1. The number of hydrogen-bond acceptors (Lipinski definition) is 2. The van der Waals surface area contributed by atoms with Gasteiger partial charge in [-0.15, -0.1) is 0 Å². The van der Waals surface area contributed by atoms with Crippen molar-refractivity contribution in [3.8, 4) is 0 Å². The van der Waals surface area contributed by atoms with Gasteiger partial charge in [0.05, 0.1) is 0 Å². The van der Waals surface area contributed by atoms with Gasteiger partial charge in [0.25, 0.3) is 0 Å². The van der Waals surface area contributed by atoms with Crippen LogP contribution >= 0.6 is 0 Å². The van der Waals surface area contributed by atoms with Crippen LogP contribution in [-0.4, -0.2) is 18.2 Å². The topological polar surface area (TPSA) is 38.3 Å². The van der Waals surface area contributed by atoms with Crippen LogP contribution in [0.1, 0.15) is 27.7 Å². The highest BCUT2D eigenvalue weighted by Crippen LogP contribution is 2.23. The summed E-state index contributed by atoms with van der Waals surface area (Å²) in [6, 6.07) is 0.221. The van der Waals surface area contributed by atoms with Crippen LogP contribution in [0.4, 0.5) is 4.79 Å². The Labute approximate surface area is 73.5 Å². The van der Waals surface area contributed by atoms with E-state index in [1.807, 2.05) is 6.92 Å². The van der Waals surface area contributed by atoms with E-state index in [0.717, 1.165) is 0 Å². The zero-order chi connectivity index (χ0) is 9.30. The van der Waals surface area contributed by atoms with Gasteiger partial charge in [-0.1, -0.05) is 20.8 Å². The molecule has 0 bridgehead atoms. The molecule has 1 aliphatic heterocycles. The summed E-state index contributed by atoms with van der Waals surface area (Å²) in [5, 5.41) is 2.75. The first-order valence-electron chi connectivity index (χ1n) is 4.49. The van der Waals surface area contributed by atoms with Crippen molar-refractivity contribution in [3.05, 3.63) is 0 Å². The normalized spacial score (nSPS) is 36.1. The molecular weight excluding hydrogens is 154 g/mol. The predicted molar refractivity (Wildman–Crippen MR) is 46.9 cm³/mol. The summed E-state index contributed by atoms with van der Waals surface area (Å²) in [4.78, 5) is 11.0. The Bertz CT molecular complexity index is 179. The Morgan fingerprint density at radius 2 is 2.00 bits per heavy atom. The van der Waals surface area contributed by atoms with Crippen LogP contribution in [0.2, 0.25) is 0 Å². The number of nitrogens with one attached hydrogen (secondary N) is 1. The lowest BCUT2D eigenvalue weighted by atomic mass is 9.88. The lowest BCUT2D eigenvalue weighted by molar-refractivity contribution is -0.000276. The summed E-state index contributed by atoms with van der Waals surface area (Å²) in [5.74, 6) is 0.788. The monoisotopic (exact) mass is 171 g/mol. The largest absolute Gasteiger partial charge is 0.446 e. The Morgan fingerprint density at radius 3 is 2.50 bits per heavy atom. The van der Waals surface area contributed by atoms with Crippen molar-refractivity contribution in [1.29, 1.82) is 0 Å². The van der Waals surface area contributed by atoms with Crippen molar-refractivity contribution < 1.29 is 9.53 Å². The van der Waals surface area contributed by atoms with E-state index in [0.29, 0.717) is 11.8 Å². The van der Waals surface area contributed by atoms with Gasteiger partial charge < -0.3 is 10.1 Å². The number of alkyl carbamates (subject to hydrolysis) is 1. The third kappa shape index (κ3) is 1.71. The second-order valence-corrected chi connectivity index (χ2v) is 3.91. The van der Waals surface area contributed by atoms with Gasteiger partial charge in [0.1, 0.15) is 6.10 Å². The van der Waals surface area contributed by atoms with E-state index in [9.17, 15) is 4.79 Å². The molecule has 0 aliphatic carbocycles. The van der Waals surface area contributed by atoms with Crippen LogP contribution < -0.4 is 5.32 Å². The van der Waals surface area contributed by atoms with E-state index in [-0.39, 0.29) is 18.2 Å². The van der Waals surface area contributed by atoms with Crippen molar-refractivity contribution in [2.45, 2.75) is 39.8 Å². The molecule has 1 heterocycles. The number of rotatable bonds is 1. The van der Waals surface area contributed by atoms with Crippen LogP contribution in [0.15, 0.2) is 0 Å². The lowest BCUT2D eigenvalue weighted by Crippen LogP contribution is -2.51. The number of amides is 1. The average molecular weight is 171 g/mol. The van der Waals surface area contributed by atoms with E-state index in [2.05, 4.69) is 26.1 Å². The third-order valence-electron chi connectivity index (χ3n) is 2.55. The predicted octanol–water partition coefficient (Wildman–Crippen LogP) is 1.78. The molecule has 3 nitrogen and oxygen atoms in total. The molecule has 0 aromatic heterocycles. The number of cyclic esters (lactones) is 1. The quantitative estimate of drug-likeness (QED) is 0.653. The van der Waals surface area contributed by atoms with Crippen molar-refractivity contribution >= 4 is 6.09 Å². The molecule has 0 radical (unpaired) electrons. The fraction of sp³-hybridized carbons (Fsp3) is 0.889. The Hall–Kier alpha value is -0.730. The minimum atomic E-state index is -0.278. The smallest absolute Gasteiger partial charge is 0.407 e. The molecule has 0 aromatic carbocycles. The molecule has 3 heteroatoms. The van der Waals surface area contributed by atoms with Crippen molar-refractivity contribution in [3.63, 3.8) is 0 Å². The molecule has 1 aliphatic rings. The van der Waals surface area contributed by atoms with Crippen LogP contribution in [0.3, 0.4) is 0 Å². The molecule has 0 unspecified atom stereocenters. The summed E-state index contributed by atoms with van der Waals surface area (Å²) in [6.07, 6.45) is -0.215. The first kappa shape index (κ1) is 9.36. The highest BCUT2D eigenvalue weighted by Gasteiger charge is 2.34. The van der Waals surface area contributed by atoms with Gasteiger partial charge in [0.15, 0.2) is 0 Å². The lowest BCUT2D eigenvalue weighted by Gasteiger charge is -2.36. The minimum absolute atomic E-state index is 0.0637. The first-order chi connectivity index (χ1) is 5.52. The maximum atomic E-state index is 11.0. The standard InChI is InChI=1S/C9H17NO2/c1-5(2)8-6(3)7(4)10-9(11)12-8/h5-8H,1-4H3,(H,10,11)/t6-,7-,8-/m0/s1. The SMILES string of the molecule is CC(C)[C@@H]1OC(=O)N[C@@H](C)[C@@H]1C. The average Bonchev–Trinajstić information content (AvgIpc) is 1.96. The number of hydrogen-bond donors (Lipinski definition) is 1. The molecular formula is C9H17NO2. The minimum Gasteiger partial charge on any atom is -0.446 e. The van der Waals surface area contributed by atoms with E-state index in [4.69, 9.17) is 4.74 Å². The molecule has 1 saturated heterocycles. The Kier molecular flexibility index (Phi) is 2.60. The van der Waals surface area contributed by atoms with Gasteiger partial charge in [-0.25, -0.2) is 4.79 Å². The fourth-order valence-corrected chi connectivity index (χ4v) is 1.61. The molecule has 70 valence electrons. The summed E-state index contributed by atoms with van der Waals surface area (Å²) in [7, 11) is 0. The highest BCUT2D eigenvalue weighted by molar-refractivity contribution is 5.68. The summed E-state index contributed by atoms with van der Waals surface area (Å²) < 4.78 is 5.18. The van der Waals surface area contributed by atoms with Crippen LogP contribution in [0.5, 0.6) is 0 Å². The first-order valence-corrected chi connectivity index (χ1v) is 4.49. The van der Waals surface area contributed by atoms with Crippen molar-refractivity contribution in [2.24, 2.45) is 11.8 Å². The maximum absolute atomic E-state index is 11.0. The Morgan fingerprint density at radius 1 is 1.42 bits per heavy atom. The molecule has 1 fully saturated rings. The molecule has 12 heavy (non-hydrogen) atoms. The van der Waals surface area contributed by atoms with Crippen molar-refractivity contribution in [2.75, 3.05) is 0 Å². The maximum Gasteiger partial charge on any atom is 0.407 e. The van der Waals surface area contributed by atoms with Gasteiger partial charge in [-0.05, 0) is 12.8 Å². The van der Waals surface area contributed by atoms with Gasteiger partial charge >= 0.3 is 6.09 Å². The molecule has 1 rings (SSSR count). The molecule has 0 aromatic rings. The van der Waals surface area contributed by atoms with Crippen molar-refractivity contribution in [1.82, 2.24) is 5.32 Å². The second kappa shape index (κ2) is 3.33. The van der Waals surface area contributed by atoms with E-state index >= 15 is 0 Å². The molecule has 3 atom stereocenters. The number of ether oxygens (including phenoxy) is 1. The Balaban J connectivity index is 2.66. The zero-order valence-electron chi connectivity index (χ0n) is 8.13. The molecule has 0 spiro atoms. The van der Waals surface area contributed by atoms with Gasteiger partial charge in [-0.2, -0.15) is 0 Å². The van der Waals surface area contributed by atoms with E-state index in [1.54, 1.807) is 0 Å².